The van der Waals surface area contributed by atoms with Crippen molar-refractivity contribution in [2.75, 3.05) is 14.2 Å². The Hall–Kier alpha value is -3.02. The standard InChI is InChI=1S/C20H23N5O/c1-5-14-9-15(11-17(10-14)26-4)12-18-23-20-19(16(6-2)13-21-3)22-7-8-25(20)24-18/h6-11,13H,5,12H2,1-4H3/b16-6+,21-13?. The molecule has 0 radical (unpaired) electrons. The summed E-state index contributed by atoms with van der Waals surface area (Å²) in [5.74, 6) is 1.61. The molecule has 0 fully saturated rings. The number of aliphatic imine (C=N–C) groups is 1. The first-order valence-corrected chi connectivity index (χ1v) is 8.64. The van der Waals surface area contributed by atoms with E-state index in [2.05, 4.69) is 34.1 Å². The lowest BCUT2D eigenvalue weighted by Crippen LogP contribution is -1.97. The van der Waals surface area contributed by atoms with Crippen molar-refractivity contribution in [2.45, 2.75) is 26.7 Å². The highest BCUT2D eigenvalue weighted by Crippen LogP contribution is 2.20. The largest absolute Gasteiger partial charge is 0.497 e. The van der Waals surface area contributed by atoms with Crippen LogP contribution in [0.3, 0.4) is 0 Å². The Morgan fingerprint density at radius 1 is 1.27 bits per heavy atom. The van der Waals surface area contributed by atoms with Gasteiger partial charge in [-0.05, 0) is 36.6 Å². The van der Waals surface area contributed by atoms with Gasteiger partial charge in [-0.2, -0.15) is 5.10 Å². The van der Waals surface area contributed by atoms with Crippen LogP contribution in [0.1, 0.15) is 36.5 Å². The predicted octanol–water partition coefficient (Wildman–Crippen LogP) is 3.39. The minimum atomic E-state index is 0.637. The summed E-state index contributed by atoms with van der Waals surface area (Å²) < 4.78 is 7.18. The molecule has 0 aliphatic rings. The van der Waals surface area contributed by atoms with Crippen molar-refractivity contribution < 1.29 is 4.74 Å². The quantitative estimate of drug-likeness (QED) is 0.640. The van der Waals surface area contributed by atoms with Gasteiger partial charge in [0.05, 0.1) is 7.11 Å². The number of fused-ring (bicyclic) bond motifs is 1. The van der Waals surface area contributed by atoms with Crippen molar-refractivity contribution in [2.24, 2.45) is 4.99 Å². The number of aromatic nitrogens is 4. The zero-order valence-corrected chi connectivity index (χ0v) is 15.6. The fourth-order valence-electron chi connectivity index (χ4n) is 2.89. The first-order valence-electron chi connectivity index (χ1n) is 8.64. The zero-order valence-electron chi connectivity index (χ0n) is 15.6. The molecular formula is C20H23N5O. The fraction of sp³-hybridized carbons (Fsp3) is 0.300. The molecule has 0 saturated heterocycles. The van der Waals surface area contributed by atoms with E-state index < -0.39 is 0 Å². The maximum atomic E-state index is 5.41. The Morgan fingerprint density at radius 3 is 2.77 bits per heavy atom. The van der Waals surface area contributed by atoms with Gasteiger partial charge < -0.3 is 4.74 Å². The van der Waals surface area contributed by atoms with Crippen molar-refractivity contribution in [1.29, 1.82) is 0 Å². The second-order valence-corrected chi connectivity index (χ2v) is 5.92. The van der Waals surface area contributed by atoms with Crippen LogP contribution in [-0.4, -0.2) is 40.0 Å². The van der Waals surface area contributed by atoms with Gasteiger partial charge in [0.2, 0.25) is 0 Å². The van der Waals surface area contributed by atoms with Crippen LogP contribution in [0, 0.1) is 0 Å². The molecule has 6 nitrogen and oxygen atoms in total. The summed E-state index contributed by atoms with van der Waals surface area (Å²) >= 11 is 0. The molecule has 134 valence electrons. The highest BCUT2D eigenvalue weighted by Gasteiger charge is 2.12. The van der Waals surface area contributed by atoms with Gasteiger partial charge in [0.25, 0.3) is 0 Å². The van der Waals surface area contributed by atoms with E-state index >= 15 is 0 Å². The van der Waals surface area contributed by atoms with Gasteiger partial charge in [-0.3, -0.25) is 9.98 Å². The van der Waals surface area contributed by atoms with Crippen molar-refractivity contribution in [3.05, 3.63) is 59.3 Å². The molecule has 0 atom stereocenters. The smallest absolute Gasteiger partial charge is 0.181 e. The van der Waals surface area contributed by atoms with Crippen LogP contribution in [0.15, 0.2) is 41.7 Å². The molecule has 0 saturated carbocycles. The molecule has 0 N–H and O–H groups in total. The van der Waals surface area contributed by atoms with Gasteiger partial charge >= 0.3 is 0 Å². The average Bonchev–Trinajstić information content (AvgIpc) is 3.08. The molecule has 0 aliphatic carbocycles. The second kappa shape index (κ2) is 7.91. The number of ether oxygens (including phenoxy) is 1. The molecule has 0 aliphatic heterocycles. The van der Waals surface area contributed by atoms with E-state index in [1.165, 1.54) is 5.56 Å². The van der Waals surface area contributed by atoms with Crippen molar-refractivity contribution in [3.63, 3.8) is 0 Å². The van der Waals surface area contributed by atoms with Gasteiger partial charge in [0.15, 0.2) is 11.5 Å². The summed E-state index contributed by atoms with van der Waals surface area (Å²) in [4.78, 5) is 13.3. The van der Waals surface area contributed by atoms with Crippen LogP contribution in [0.4, 0.5) is 0 Å². The van der Waals surface area contributed by atoms with E-state index in [1.807, 2.05) is 25.3 Å². The van der Waals surface area contributed by atoms with Gasteiger partial charge in [-0.1, -0.05) is 19.1 Å². The Labute approximate surface area is 153 Å². The van der Waals surface area contributed by atoms with E-state index in [-0.39, 0.29) is 0 Å². The molecule has 3 aromatic rings. The summed E-state index contributed by atoms with van der Waals surface area (Å²) in [6.07, 6.45) is 8.89. The first kappa shape index (κ1) is 17.8. The SMILES string of the molecule is C/C=C(\C=NC)c1nccn2nc(Cc3cc(CC)cc(OC)c3)nc12. The number of benzene rings is 1. The number of allylic oxidation sites excluding steroid dienone is 2. The number of aryl methyl sites for hydroxylation is 1. The van der Waals surface area contributed by atoms with Gasteiger partial charge in [-0.15, -0.1) is 0 Å². The van der Waals surface area contributed by atoms with E-state index in [0.29, 0.717) is 6.42 Å². The predicted molar refractivity (Wildman–Crippen MR) is 104 cm³/mol. The highest BCUT2D eigenvalue weighted by molar-refractivity contribution is 6.10. The minimum Gasteiger partial charge on any atom is -0.497 e. The molecule has 0 amide bonds. The molecule has 2 heterocycles. The van der Waals surface area contributed by atoms with Crippen molar-refractivity contribution >= 4 is 17.4 Å². The number of hydrogen-bond donors (Lipinski definition) is 0. The number of methoxy groups -OCH3 is 1. The van der Waals surface area contributed by atoms with Gasteiger partial charge in [0.1, 0.15) is 11.4 Å². The van der Waals surface area contributed by atoms with E-state index in [4.69, 9.17) is 9.72 Å². The van der Waals surface area contributed by atoms with Crippen LogP contribution in [0.25, 0.3) is 11.2 Å². The summed E-state index contributed by atoms with van der Waals surface area (Å²) in [6, 6.07) is 6.27. The first-order chi connectivity index (χ1) is 12.7. The minimum absolute atomic E-state index is 0.637. The van der Waals surface area contributed by atoms with E-state index in [1.54, 1.807) is 31.1 Å². The Balaban J connectivity index is 2.00. The van der Waals surface area contributed by atoms with Crippen molar-refractivity contribution in [3.8, 4) is 5.75 Å². The van der Waals surface area contributed by atoms with Crippen LogP contribution < -0.4 is 4.74 Å². The highest BCUT2D eigenvalue weighted by atomic mass is 16.5. The Kier molecular flexibility index (Phi) is 5.41. The lowest BCUT2D eigenvalue weighted by molar-refractivity contribution is 0.414. The van der Waals surface area contributed by atoms with Crippen LogP contribution in [-0.2, 0) is 12.8 Å². The molecule has 26 heavy (non-hydrogen) atoms. The summed E-state index contributed by atoms with van der Waals surface area (Å²) in [7, 11) is 3.43. The Bertz CT molecular complexity index is 949. The molecule has 2 aromatic heterocycles. The monoisotopic (exact) mass is 349 g/mol. The molecule has 0 bridgehead atoms. The van der Waals surface area contributed by atoms with Crippen LogP contribution in [0.5, 0.6) is 5.75 Å². The molecule has 3 rings (SSSR count). The third-order valence-corrected chi connectivity index (χ3v) is 4.18. The number of rotatable bonds is 6. The second-order valence-electron chi connectivity index (χ2n) is 5.92. The lowest BCUT2D eigenvalue weighted by atomic mass is 10.1. The topological polar surface area (TPSA) is 64.7 Å². The van der Waals surface area contributed by atoms with Crippen LogP contribution >= 0.6 is 0 Å². The fourth-order valence-corrected chi connectivity index (χ4v) is 2.89. The molecular weight excluding hydrogens is 326 g/mol. The summed E-state index contributed by atoms with van der Waals surface area (Å²) in [6.45, 7) is 4.09. The molecule has 6 heteroatoms. The van der Waals surface area contributed by atoms with E-state index in [9.17, 15) is 0 Å². The Morgan fingerprint density at radius 2 is 2.08 bits per heavy atom. The maximum Gasteiger partial charge on any atom is 0.181 e. The average molecular weight is 349 g/mol. The maximum absolute atomic E-state index is 5.41. The van der Waals surface area contributed by atoms with Gasteiger partial charge in [-0.25, -0.2) is 9.50 Å². The lowest BCUT2D eigenvalue weighted by Gasteiger charge is -2.06. The number of hydrogen-bond acceptors (Lipinski definition) is 5. The summed E-state index contributed by atoms with van der Waals surface area (Å²) in [5, 5.41) is 4.61. The number of nitrogens with zero attached hydrogens (tertiary/aromatic N) is 5. The van der Waals surface area contributed by atoms with Crippen molar-refractivity contribution in [1.82, 2.24) is 19.6 Å². The van der Waals surface area contributed by atoms with Gasteiger partial charge in [0, 0.05) is 37.6 Å². The zero-order chi connectivity index (χ0) is 18.5. The normalized spacial score (nSPS) is 12.2. The van der Waals surface area contributed by atoms with Crippen LogP contribution in [0.2, 0.25) is 0 Å². The third kappa shape index (κ3) is 3.64. The third-order valence-electron chi connectivity index (χ3n) is 4.18. The molecule has 0 unspecified atom stereocenters. The molecule has 0 spiro atoms. The van der Waals surface area contributed by atoms with E-state index in [0.717, 1.165) is 40.5 Å². The molecule has 1 aromatic carbocycles. The summed E-state index contributed by atoms with van der Waals surface area (Å²) in [5.41, 5.74) is 4.80.